The third-order valence-corrected chi connectivity index (χ3v) is 4.15. The molecule has 1 aromatic carbocycles. The van der Waals surface area contributed by atoms with Gasteiger partial charge in [0.05, 0.1) is 5.56 Å². The topological polar surface area (TPSA) is 42.2 Å². The molecular formula is C17H22FN3O. The lowest BCUT2D eigenvalue weighted by atomic mass is 10.1. The number of rotatable bonds is 6. The zero-order chi connectivity index (χ0) is 15.2. The second kappa shape index (κ2) is 7.49. The van der Waals surface area contributed by atoms with Crippen LogP contribution in [-0.2, 0) is 6.42 Å². The minimum Gasteiger partial charge on any atom is -0.339 e. The standard InChI is InChI=1S/C17H22FN3O/c18-15-9-3-2-8-14(15)17-19-16(22-20-17)10-4-7-13-21-11-5-1-6-12-21/h2-3,8-9H,1,4-7,10-13H2. The van der Waals surface area contributed by atoms with Crippen molar-refractivity contribution in [3.05, 3.63) is 36.0 Å². The van der Waals surface area contributed by atoms with Gasteiger partial charge in [0.15, 0.2) is 0 Å². The highest BCUT2D eigenvalue weighted by molar-refractivity contribution is 5.54. The highest BCUT2D eigenvalue weighted by Crippen LogP contribution is 2.19. The van der Waals surface area contributed by atoms with E-state index in [0.717, 1.165) is 25.8 Å². The normalized spacial score (nSPS) is 16.0. The van der Waals surface area contributed by atoms with Gasteiger partial charge in [-0.15, -0.1) is 0 Å². The van der Waals surface area contributed by atoms with E-state index in [9.17, 15) is 4.39 Å². The van der Waals surface area contributed by atoms with E-state index in [1.807, 2.05) is 0 Å². The van der Waals surface area contributed by atoms with Gasteiger partial charge in [0.1, 0.15) is 5.82 Å². The summed E-state index contributed by atoms with van der Waals surface area (Å²) in [7, 11) is 0. The Bertz CT molecular complexity index is 593. The zero-order valence-corrected chi connectivity index (χ0v) is 12.8. The predicted molar refractivity (Wildman–Crippen MR) is 82.9 cm³/mol. The van der Waals surface area contributed by atoms with E-state index in [4.69, 9.17) is 4.52 Å². The number of benzene rings is 1. The fourth-order valence-electron chi connectivity index (χ4n) is 2.90. The lowest BCUT2D eigenvalue weighted by Crippen LogP contribution is -2.30. The number of hydrogen-bond donors (Lipinski definition) is 0. The van der Waals surface area contributed by atoms with Gasteiger partial charge in [0.25, 0.3) is 0 Å². The molecule has 2 aromatic rings. The number of halogens is 1. The fraction of sp³-hybridized carbons (Fsp3) is 0.529. The number of piperidine rings is 1. The quantitative estimate of drug-likeness (QED) is 0.763. The van der Waals surface area contributed by atoms with Crippen LogP contribution in [-0.4, -0.2) is 34.7 Å². The van der Waals surface area contributed by atoms with Crippen LogP contribution in [0, 0.1) is 5.82 Å². The molecule has 0 radical (unpaired) electrons. The molecule has 2 heterocycles. The predicted octanol–water partition coefficient (Wildman–Crippen LogP) is 3.68. The van der Waals surface area contributed by atoms with Crippen molar-refractivity contribution in [2.45, 2.75) is 38.5 Å². The Morgan fingerprint density at radius 2 is 1.91 bits per heavy atom. The van der Waals surface area contributed by atoms with E-state index in [-0.39, 0.29) is 5.82 Å². The Balaban J connectivity index is 1.47. The van der Waals surface area contributed by atoms with Gasteiger partial charge < -0.3 is 9.42 Å². The molecule has 0 saturated carbocycles. The molecule has 1 aromatic heterocycles. The summed E-state index contributed by atoms with van der Waals surface area (Å²) in [5, 5.41) is 3.88. The molecule has 5 heteroatoms. The van der Waals surface area contributed by atoms with Crippen molar-refractivity contribution in [1.82, 2.24) is 15.0 Å². The van der Waals surface area contributed by atoms with Crippen molar-refractivity contribution in [1.29, 1.82) is 0 Å². The molecule has 0 unspecified atom stereocenters. The van der Waals surface area contributed by atoms with Crippen LogP contribution >= 0.6 is 0 Å². The maximum Gasteiger partial charge on any atom is 0.226 e. The van der Waals surface area contributed by atoms with E-state index < -0.39 is 0 Å². The van der Waals surface area contributed by atoms with E-state index in [1.54, 1.807) is 18.2 Å². The van der Waals surface area contributed by atoms with Crippen LogP contribution < -0.4 is 0 Å². The third kappa shape index (κ3) is 3.91. The lowest BCUT2D eigenvalue weighted by Gasteiger charge is -2.26. The Morgan fingerprint density at radius 3 is 2.73 bits per heavy atom. The first kappa shape index (κ1) is 15.2. The molecule has 118 valence electrons. The smallest absolute Gasteiger partial charge is 0.226 e. The number of aryl methyl sites for hydroxylation is 1. The van der Waals surface area contributed by atoms with Crippen molar-refractivity contribution in [3.63, 3.8) is 0 Å². The molecule has 0 atom stereocenters. The number of nitrogens with zero attached hydrogens (tertiary/aromatic N) is 3. The molecular weight excluding hydrogens is 281 g/mol. The van der Waals surface area contributed by atoms with E-state index in [2.05, 4.69) is 15.0 Å². The molecule has 0 aliphatic carbocycles. The van der Waals surface area contributed by atoms with Gasteiger partial charge in [-0.1, -0.05) is 23.7 Å². The van der Waals surface area contributed by atoms with Crippen molar-refractivity contribution < 1.29 is 8.91 Å². The molecule has 0 amide bonds. The second-order valence-electron chi connectivity index (χ2n) is 5.85. The summed E-state index contributed by atoms with van der Waals surface area (Å²) in [5.74, 6) is 0.612. The van der Waals surface area contributed by atoms with Crippen molar-refractivity contribution in [3.8, 4) is 11.4 Å². The maximum atomic E-state index is 13.7. The van der Waals surface area contributed by atoms with Crippen LogP contribution in [0.4, 0.5) is 4.39 Å². The van der Waals surface area contributed by atoms with Gasteiger partial charge >= 0.3 is 0 Å². The molecule has 1 aliphatic heterocycles. The van der Waals surface area contributed by atoms with Crippen LogP contribution in [0.3, 0.4) is 0 Å². The summed E-state index contributed by atoms with van der Waals surface area (Å²) in [6.45, 7) is 3.62. The Kier molecular flexibility index (Phi) is 5.16. The minimum absolute atomic E-state index is 0.319. The summed E-state index contributed by atoms with van der Waals surface area (Å²) >= 11 is 0. The van der Waals surface area contributed by atoms with Crippen molar-refractivity contribution in [2.75, 3.05) is 19.6 Å². The van der Waals surface area contributed by atoms with Gasteiger partial charge in [-0.2, -0.15) is 4.98 Å². The molecule has 0 N–H and O–H groups in total. The maximum absolute atomic E-state index is 13.7. The van der Waals surface area contributed by atoms with Crippen LogP contribution in [0.25, 0.3) is 11.4 Å². The van der Waals surface area contributed by atoms with Gasteiger partial charge in [-0.05, 0) is 57.5 Å². The minimum atomic E-state index is -0.319. The lowest BCUT2D eigenvalue weighted by molar-refractivity contribution is 0.224. The Morgan fingerprint density at radius 1 is 1.09 bits per heavy atom. The molecule has 4 nitrogen and oxygen atoms in total. The highest BCUT2D eigenvalue weighted by Gasteiger charge is 2.13. The molecule has 0 bridgehead atoms. The average molecular weight is 303 g/mol. The Labute approximate surface area is 130 Å². The summed E-state index contributed by atoms with van der Waals surface area (Å²) in [6.07, 6.45) is 6.95. The molecule has 0 spiro atoms. The first-order valence-electron chi connectivity index (χ1n) is 8.13. The number of hydrogen-bond acceptors (Lipinski definition) is 4. The van der Waals surface area contributed by atoms with Crippen molar-refractivity contribution >= 4 is 0 Å². The monoisotopic (exact) mass is 303 g/mol. The van der Waals surface area contributed by atoms with Crippen LogP contribution in [0.1, 0.15) is 38.0 Å². The molecule has 1 fully saturated rings. The van der Waals surface area contributed by atoms with Crippen LogP contribution in [0.5, 0.6) is 0 Å². The SMILES string of the molecule is Fc1ccccc1-c1noc(CCCCN2CCCCC2)n1. The molecule has 22 heavy (non-hydrogen) atoms. The van der Waals surface area contributed by atoms with Crippen LogP contribution in [0.15, 0.2) is 28.8 Å². The van der Waals surface area contributed by atoms with E-state index in [0.29, 0.717) is 17.3 Å². The largest absolute Gasteiger partial charge is 0.339 e. The highest BCUT2D eigenvalue weighted by atomic mass is 19.1. The third-order valence-electron chi connectivity index (χ3n) is 4.15. The molecule has 3 rings (SSSR count). The van der Waals surface area contributed by atoms with Gasteiger partial charge in [0, 0.05) is 6.42 Å². The van der Waals surface area contributed by atoms with E-state index >= 15 is 0 Å². The average Bonchev–Trinajstić information content (AvgIpc) is 3.02. The van der Waals surface area contributed by atoms with Gasteiger partial charge in [-0.25, -0.2) is 4.39 Å². The summed E-state index contributed by atoms with van der Waals surface area (Å²) in [4.78, 5) is 6.82. The van der Waals surface area contributed by atoms with Crippen molar-refractivity contribution in [2.24, 2.45) is 0 Å². The Hall–Kier alpha value is -1.75. The molecule has 1 saturated heterocycles. The first-order chi connectivity index (χ1) is 10.8. The van der Waals surface area contributed by atoms with Crippen LogP contribution in [0.2, 0.25) is 0 Å². The number of unbranched alkanes of at least 4 members (excludes halogenated alkanes) is 1. The zero-order valence-electron chi connectivity index (χ0n) is 12.8. The summed E-state index contributed by atoms with van der Waals surface area (Å²) < 4.78 is 18.9. The second-order valence-corrected chi connectivity index (χ2v) is 5.85. The van der Waals surface area contributed by atoms with Gasteiger partial charge in [-0.3, -0.25) is 0 Å². The van der Waals surface area contributed by atoms with E-state index in [1.165, 1.54) is 38.4 Å². The number of aromatic nitrogens is 2. The fourth-order valence-corrected chi connectivity index (χ4v) is 2.90. The first-order valence-corrected chi connectivity index (χ1v) is 8.13. The summed E-state index contributed by atoms with van der Waals surface area (Å²) in [6, 6.07) is 6.50. The molecule has 1 aliphatic rings. The summed E-state index contributed by atoms with van der Waals surface area (Å²) in [5.41, 5.74) is 0.394. The van der Waals surface area contributed by atoms with Gasteiger partial charge in [0.2, 0.25) is 11.7 Å². The number of likely N-dealkylation sites (tertiary alicyclic amines) is 1.